The van der Waals surface area contributed by atoms with Crippen molar-refractivity contribution in [1.82, 2.24) is 0 Å². The topological polar surface area (TPSA) is 107 Å². The normalized spacial score (nSPS) is 11.0. The zero-order valence-electron chi connectivity index (χ0n) is 15.7. The smallest absolute Gasteiger partial charge is 0.334 e. The predicted octanol–water partition coefficient (Wildman–Crippen LogP) is 2.85. The second-order valence-electron chi connectivity index (χ2n) is 5.95. The lowest BCUT2D eigenvalue weighted by molar-refractivity contribution is -0.160. The van der Waals surface area contributed by atoms with Crippen molar-refractivity contribution in [3.8, 4) is 0 Å². The summed E-state index contributed by atoms with van der Waals surface area (Å²) in [7, 11) is 0. The van der Waals surface area contributed by atoms with E-state index in [4.69, 9.17) is 14.6 Å². The molecule has 0 aliphatic rings. The number of carbonyl (C=O) groups excluding carboxylic acids is 3. The van der Waals surface area contributed by atoms with E-state index in [1.807, 2.05) is 0 Å². The lowest BCUT2D eigenvalue weighted by Crippen LogP contribution is -2.22. The van der Waals surface area contributed by atoms with Crippen molar-refractivity contribution < 1.29 is 33.8 Å². The van der Waals surface area contributed by atoms with Crippen molar-refractivity contribution in [1.29, 1.82) is 0 Å². The number of benzene rings is 2. The van der Waals surface area contributed by atoms with Gasteiger partial charge in [-0.25, -0.2) is 9.59 Å². The molecular formula is C22H20O7. The Hall–Kier alpha value is -3.74. The summed E-state index contributed by atoms with van der Waals surface area (Å²) >= 11 is 0. The molecule has 29 heavy (non-hydrogen) atoms. The monoisotopic (exact) mass is 396 g/mol. The highest BCUT2D eigenvalue weighted by Crippen LogP contribution is 2.26. The van der Waals surface area contributed by atoms with E-state index in [9.17, 15) is 19.2 Å². The lowest BCUT2D eigenvalue weighted by Gasteiger charge is -2.16. The van der Waals surface area contributed by atoms with Gasteiger partial charge in [0, 0.05) is 6.08 Å². The Kier molecular flexibility index (Phi) is 7.85. The molecule has 0 aromatic heterocycles. The van der Waals surface area contributed by atoms with Gasteiger partial charge in [-0.05, 0) is 18.1 Å². The van der Waals surface area contributed by atoms with E-state index in [1.54, 1.807) is 67.6 Å². The van der Waals surface area contributed by atoms with Gasteiger partial charge < -0.3 is 14.6 Å². The van der Waals surface area contributed by atoms with Gasteiger partial charge in [-0.15, -0.1) is 0 Å². The molecule has 0 saturated heterocycles. The van der Waals surface area contributed by atoms with Crippen molar-refractivity contribution in [3.63, 3.8) is 0 Å². The number of carbonyl (C=O) groups is 4. The first kappa shape index (κ1) is 21.6. The van der Waals surface area contributed by atoms with Crippen molar-refractivity contribution in [2.24, 2.45) is 0 Å². The van der Waals surface area contributed by atoms with Crippen LogP contribution in [0.2, 0.25) is 0 Å². The van der Waals surface area contributed by atoms with Gasteiger partial charge in [-0.2, -0.15) is 0 Å². The van der Waals surface area contributed by atoms with Crippen LogP contribution in [-0.2, 0) is 28.7 Å². The fraction of sp³-hybridized carbons (Fsp3) is 0.182. The molecular weight excluding hydrogens is 376 g/mol. The van der Waals surface area contributed by atoms with E-state index in [0.29, 0.717) is 17.2 Å². The molecule has 0 saturated carbocycles. The van der Waals surface area contributed by atoms with Gasteiger partial charge in [0.1, 0.15) is 5.92 Å². The van der Waals surface area contributed by atoms with Crippen LogP contribution in [0.15, 0.2) is 72.3 Å². The van der Waals surface area contributed by atoms with Crippen LogP contribution in [0.5, 0.6) is 0 Å². The van der Waals surface area contributed by atoms with Crippen molar-refractivity contribution in [2.75, 3.05) is 6.61 Å². The van der Waals surface area contributed by atoms with Crippen LogP contribution in [-0.4, -0.2) is 35.6 Å². The Morgan fingerprint density at radius 3 is 1.90 bits per heavy atom. The number of hydrogen-bond acceptors (Lipinski definition) is 6. The Morgan fingerprint density at radius 2 is 1.45 bits per heavy atom. The Bertz CT molecular complexity index is 862. The molecule has 0 atom stereocenters. The summed E-state index contributed by atoms with van der Waals surface area (Å²) in [5, 5.41) is 8.88. The molecule has 0 amide bonds. The minimum Gasteiger partial charge on any atom is -0.478 e. The molecule has 2 rings (SSSR count). The second-order valence-corrected chi connectivity index (χ2v) is 5.95. The fourth-order valence-electron chi connectivity index (χ4n) is 2.67. The van der Waals surface area contributed by atoms with Crippen LogP contribution in [0.3, 0.4) is 0 Å². The van der Waals surface area contributed by atoms with Gasteiger partial charge in [-0.3, -0.25) is 9.59 Å². The zero-order valence-corrected chi connectivity index (χ0v) is 15.7. The number of rotatable bonds is 8. The first-order chi connectivity index (χ1) is 13.9. The zero-order chi connectivity index (χ0) is 21.2. The summed E-state index contributed by atoms with van der Waals surface area (Å²) < 4.78 is 9.68. The molecule has 0 heterocycles. The number of carboxylic acids is 1. The Labute approximate surface area is 167 Å². The Balaban J connectivity index is 2.21. The molecule has 2 aromatic carbocycles. The highest BCUT2D eigenvalue weighted by atomic mass is 16.6. The number of ether oxygens (including phenoxy) is 2. The summed E-state index contributed by atoms with van der Waals surface area (Å²) in [6.07, 6.45) is -0.136. The van der Waals surface area contributed by atoms with E-state index < -0.39 is 41.8 Å². The standard InChI is InChI=1S/C22H20O7/c1-2-28-21(26)17(13-18(23)24)14-19(25)29-22(27)20(15-9-5-3-6-10-15)16-11-7-4-8-12-16/h3-13,20H,2,14H2,1H3,(H,23,24). The highest BCUT2D eigenvalue weighted by Gasteiger charge is 2.27. The third-order valence-electron chi connectivity index (χ3n) is 3.89. The molecule has 0 radical (unpaired) electrons. The summed E-state index contributed by atoms with van der Waals surface area (Å²) in [4.78, 5) is 47.7. The van der Waals surface area contributed by atoms with Gasteiger partial charge in [-0.1, -0.05) is 60.7 Å². The maximum Gasteiger partial charge on any atom is 0.334 e. The minimum atomic E-state index is -1.42. The van der Waals surface area contributed by atoms with E-state index >= 15 is 0 Å². The first-order valence-electron chi connectivity index (χ1n) is 8.87. The third-order valence-corrected chi connectivity index (χ3v) is 3.89. The highest BCUT2D eigenvalue weighted by molar-refractivity contribution is 6.01. The maximum atomic E-state index is 12.8. The maximum absolute atomic E-state index is 12.8. The summed E-state index contributed by atoms with van der Waals surface area (Å²) in [5.41, 5.74) is 0.847. The van der Waals surface area contributed by atoms with Crippen LogP contribution in [0.25, 0.3) is 0 Å². The van der Waals surface area contributed by atoms with Gasteiger partial charge in [0.25, 0.3) is 0 Å². The molecule has 0 aliphatic carbocycles. The molecule has 0 unspecified atom stereocenters. The largest absolute Gasteiger partial charge is 0.478 e. The number of aliphatic carboxylic acids is 1. The van der Waals surface area contributed by atoms with Crippen LogP contribution in [0.1, 0.15) is 30.4 Å². The van der Waals surface area contributed by atoms with Crippen molar-refractivity contribution in [2.45, 2.75) is 19.3 Å². The lowest BCUT2D eigenvalue weighted by atomic mass is 9.91. The summed E-state index contributed by atoms with van der Waals surface area (Å²) in [6, 6.07) is 17.6. The van der Waals surface area contributed by atoms with Crippen LogP contribution in [0, 0.1) is 0 Å². The summed E-state index contributed by atoms with van der Waals surface area (Å²) in [5.74, 6) is -5.10. The van der Waals surface area contributed by atoms with E-state index in [-0.39, 0.29) is 6.61 Å². The van der Waals surface area contributed by atoms with Crippen molar-refractivity contribution >= 4 is 23.9 Å². The molecule has 7 heteroatoms. The fourth-order valence-corrected chi connectivity index (χ4v) is 2.67. The van der Waals surface area contributed by atoms with E-state index in [1.165, 1.54) is 0 Å². The number of esters is 3. The van der Waals surface area contributed by atoms with Gasteiger partial charge in [0.2, 0.25) is 0 Å². The van der Waals surface area contributed by atoms with Crippen LogP contribution >= 0.6 is 0 Å². The van der Waals surface area contributed by atoms with Gasteiger partial charge in [0.05, 0.1) is 18.6 Å². The molecule has 7 nitrogen and oxygen atoms in total. The minimum absolute atomic E-state index is 0.00780. The van der Waals surface area contributed by atoms with Gasteiger partial charge in [0.15, 0.2) is 0 Å². The first-order valence-corrected chi connectivity index (χ1v) is 8.87. The third kappa shape index (κ3) is 6.42. The molecule has 0 spiro atoms. The predicted molar refractivity (Wildman–Crippen MR) is 103 cm³/mol. The SMILES string of the molecule is CCOC(=O)C(=CC(=O)O)CC(=O)OC(=O)C(c1ccccc1)c1ccccc1. The quantitative estimate of drug-likeness (QED) is 0.415. The van der Waals surface area contributed by atoms with Gasteiger partial charge >= 0.3 is 23.9 Å². The van der Waals surface area contributed by atoms with Crippen LogP contribution in [0.4, 0.5) is 0 Å². The molecule has 0 fully saturated rings. The van der Waals surface area contributed by atoms with Crippen LogP contribution < -0.4 is 0 Å². The Morgan fingerprint density at radius 1 is 0.931 bits per heavy atom. The molecule has 0 bridgehead atoms. The molecule has 0 aliphatic heterocycles. The van der Waals surface area contributed by atoms with Crippen molar-refractivity contribution in [3.05, 3.63) is 83.4 Å². The summed E-state index contributed by atoms with van der Waals surface area (Å²) in [6.45, 7) is 1.55. The van der Waals surface area contributed by atoms with E-state index in [0.717, 1.165) is 0 Å². The van der Waals surface area contributed by atoms with E-state index in [2.05, 4.69) is 0 Å². The molecule has 150 valence electrons. The molecule has 2 aromatic rings. The second kappa shape index (κ2) is 10.6. The average Bonchev–Trinajstić information content (AvgIpc) is 2.69. The molecule has 1 N–H and O–H groups in total. The average molecular weight is 396 g/mol. The number of hydrogen-bond donors (Lipinski definition) is 1. The number of carboxylic acid groups (broad SMARTS) is 1.